The van der Waals surface area contributed by atoms with Gasteiger partial charge in [0.15, 0.2) is 11.3 Å². The summed E-state index contributed by atoms with van der Waals surface area (Å²) in [7, 11) is 0. The fraction of sp³-hybridized carbons (Fsp3) is 0.286. The van der Waals surface area contributed by atoms with Gasteiger partial charge in [0.05, 0.1) is 23.6 Å². The van der Waals surface area contributed by atoms with Crippen molar-refractivity contribution in [3.05, 3.63) is 58.9 Å². The highest BCUT2D eigenvalue weighted by Crippen LogP contribution is 2.31. The largest absolute Gasteiger partial charge is 0.462 e. The first-order valence-electron chi connectivity index (χ1n) is 9.83. The van der Waals surface area contributed by atoms with Crippen LogP contribution in [0.25, 0.3) is 16.7 Å². The van der Waals surface area contributed by atoms with Gasteiger partial charge in [0.25, 0.3) is 6.43 Å². The minimum absolute atomic E-state index is 0.0585. The van der Waals surface area contributed by atoms with Crippen LogP contribution in [0.15, 0.2) is 30.6 Å². The molecular weight excluding hydrogens is 425 g/mol. The van der Waals surface area contributed by atoms with Crippen LogP contribution in [0.5, 0.6) is 0 Å². The highest BCUT2D eigenvalue weighted by atomic mass is 19.3. The molecule has 3 heterocycles. The number of pyridine rings is 1. The topological polar surface area (TPSA) is 94.3 Å². The van der Waals surface area contributed by atoms with Crippen LogP contribution in [-0.4, -0.2) is 37.1 Å². The fourth-order valence-electron chi connectivity index (χ4n) is 3.49. The Hall–Kier alpha value is -3.76. The highest BCUT2D eigenvalue weighted by Gasteiger charge is 2.23. The molecule has 0 saturated heterocycles. The summed E-state index contributed by atoms with van der Waals surface area (Å²) in [4.78, 5) is 21.3. The van der Waals surface area contributed by atoms with Gasteiger partial charge in [-0.2, -0.15) is 0 Å². The lowest BCUT2D eigenvalue weighted by atomic mass is 10.0. The monoisotopic (exact) mass is 444 g/mol. The molecule has 4 rings (SSSR count). The quantitative estimate of drug-likeness (QED) is 0.440. The molecule has 1 N–H and O–H groups in total. The number of halogens is 3. The number of fused-ring (bicyclic) bond motifs is 3. The molecule has 0 spiro atoms. The van der Waals surface area contributed by atoms with E-state index in [1.54, 1.807) is 20.8 Å². The zero-order valence-corrected chi connectivity index (χ0v) is 17.4. The van der Waals surface area contributed by atoms with E-state index in [0.717, 1.165) is 6.07 Å². The first kappa shape index (κ1) is 21.5. The van der Waals surface area contributed by atoms with Crippen LogP contribution in [-0.2, 0) is 4.74 Å². The van der Waals surface area contributed by atoms with Crippen molar-refractivity contribution in [2.45, 2.75) is 33.2 Å². The number of hydrogen-bond acceptors (Lipinski definition) is 7. The van der Waals surface area contributed by atoms with Gasteiger partial charge in [-0.05, 0) is 26.8 Å². The van der Waals surface area contributed by atoms with Gasteiger partial charge in [-0.1, -0.05) is 18.2 Å². The number of hydrogen-bond donors (Lipinski definition) is 1. The summed E-state index contributed by atoms with van der Waals surface area (Å²) in [6.07, 6.45) is -1.52. The Morgan fingerprint density at radius 3 is 2.69 bits per heavy atom. The molecule has 1 aromatic carbocycles. The summed E-state index contributed by atoms with van der Waals surface area (Å²) < 4.78 is 47.5. The fourth-order valence-corrected chi connectivity index (χ4v) is 3.49. The van der Waals surface area contributed by atoms with Gasteiger partial charge in [0.1, 0.15) is 29.4 Å². The van der Waals surface area contributed by atoms with Gasteiger partial charge in [0, 0.05) is 5.56 Å². The second kappa shape index (κ2) is 8.40. The number of aromatic nitrogens is 5. The Kier molecular flexibility index (Phi) is 5.64. The van der Waals surface area contributed by atoms with E-state index in [2.05, 4.69) is 25.5 Å². The molecule has 0 bridgehead atoms. The van der Waals surface area contributed by atoms with Crippen molar-refractivity contribution in [2.24, 2.45) is 0 Å². The number of anilines is 1. The molecule has 32 heavy (non-hydrogen) atoms. The minimum Gasteiger partial charge on any atom is -0.462 e. The second-order valence-electron chi connectivity index (χ2n) is 7.08. The van der Waals surface area contributed by atoms with Gasteiger partial charge < -0.3 is 10.1 Å². The molecule has 0 fully saturated rings. The maximum Gasteiger partial charge on any atom is 0.342 e. The Labute approximate surface area is 180 Å². The molecule has 11 heteroatoms. The molecule has 0 radical (unpaired) electrons. The predicted molar refractivity (Wildman–Crippen MR) is 110 cm³/mol. The Morgan fingerprint density at radius 1 is 1.22 bits per heavy atom. The van der Waals surface area contributed by atoms with E-state index in [-0.39, 0.29) is 23.4 Å². The number of aryl methyl sites for hydroxylation is 1. The lowest BCUT2D eigenvalue weighted by Gasteiger charge is -2.19. The smallest absolute Gasteiger partial charge is 0.342 e. The van der Waals surface area contributed by atoms with Crippen molar-refractivity contribution in [1.82, 2.24) is 24.6 Å². The van der Waals surface area contributed by atoms with Crippen molar-refractivity contribution in [3.63, 3.8) is 0 Å². The molecule has 0 amide bonds. The van der Waals surface area contributed by atoms with Crippen LogP contribution in [0.2, 0.25) is 0 Å². The van der Waals surface area contributed by atoms with E-state index in [9.17, 15) is 18.0 Å². The Balaban J connectivity index is 1.85. The van der Waals surface area contributed by atoms with Crippen LogP contribution in [0.1, 0.15) is 53.6 Å². The van der Waals surface area contributed by atoms with Crippen molar-refractivity contribution < 1.29 is 22.7 Å². The van der Waals surface area contributed by atoms with E-state index >= 15 is 0 Å². The van der Waals surface area contributed by atoms with Crippen LogP contribution in [0, 0.1) is 12.7 Å². The summed E-state index contributed by atoms with van der Waals surface area (Å²) in [5, 5.41) is 11.3. The van der Waals surface area contributed by atoms with Crippen molar-refractivity contribution in [3.8, 4) is 0 Å². The third-order valence-electron chi connectivity index (χ3n) is 4.95. The number of esters is 1. The second-order valence-corrected chi connectivity index (χ2v) is 7.08. The number of ether oxygens (including phenoxy) is 1. The third-order valence-corrected chi connectivity index (χ3v) is 4.95. The number of rotatable bonds is 6. The summed E-state index contributed by atoms with van der Waals surface area (Å²) >= 11 is 0. The molecule has 4 aromatic rings. The molecule has 8 nitrogen and oxygen atoms in total. The molecule has 0 aliphatic heterocycles. The molecular formula is C21H19F3N6O2. The number of benzene rings is 1. The lowest BCUT2D eigenvalue weighted by Crippen LogP contribution is -2.14. The average Bonchev–Trinajstić information content (AvgIpc) is 3.23. The van der Waals surface area contributed by atoms with Crippen LogP contribution >= 0.6 is 0 Å². The van der Waals surface area contributed by atoms with Gasteiger partial charge in [-0.25, -0.2) is 27.9 Å². The predicted octanol–water partition coefficient (Wildman–Crippen LogP) is 4.41. The molecule has 1 atom stereocenters. The molecule has 3 aromatic heterocycles. The summed E-state index contributed by atoms with van der Waals surface area (Å²) in [6, 6.07) is 4.67. The van der Waals surface area contributed by atoms with E-state index in [0.29, 0.717) is 22.7 Å². The van der Waals surface area contributed by atoms with E-state index < -0.39 is 29.8 Å². The summed E-state index contributed by atoms with van der Waals surface area (Å²) in [6.45, 7) is 5.15. The zero-order chi connectivity index (χ0) is 23.0. The third kappa shape index (κ3) is 3.70. The van der Waals surface area contributed by atoms with Crippen molar-refractivity contribution >= 4 is 28.5 Å². The van der Waals surface area contributed by atoms with Crippen LogP contribution in [0.3, 0.4) is 0 Å². The Morgan fingerprint density at radius 2 is 1.97 bits per heavy atom. The molecule has 0 aliphatic rings. The van der Waals surface area contributed by atoms with Crippen molar-refractivity contribution in [2.75, 3.05) is 11.9 Å². The van der Waals surface area contributed by atoms with E-state index in [4.69, 9.17) is 4.74 Å². The van der Waals surface area contributed by atoms with Crippen LogP contribution < -0.4 is 5.32 Å². The number of nitrogens with zero attached hydrogens (tertiary/aromatic N) is 5. The highest BCUT2D eigenvalue weighted by molar-refractivity contribution is 6.02. The molecule has 0 saturated carbocycles. The minimum atomic E-state index is -2.93. The molecule has 0 unspecified atom stereocenters. The normalized spacial score (nSPS) is 12.5. The lowest BCUT2D eigenvalue weighted by molar-refractivity contribution is 0.0528. The van der Waals surface area contributed by atoms with E-state index in [1.807, 2.05) is 0 Å². The maximum atomic E-state index is 14.7. The first-order chi connectivity index (χ1) is 15.3. The molecule has 166 valence electrons. The first-order valence-corrected chi connectivity index (χ1v) is 9.83. The maximum absolute atomic E-state index is 14.7. The van der Waals surface area contributed by atoms with Gasteiger partial charge in [-0.15, -0.1) is 10.2 Å². The number of carbonyl (C=O) groups is 1. The van der Waals surface area contributed by atoms with Crippen molar-refractivity contribution in [1.29, 1.82) is 0 Å². The van der Waals surface area contributed by atoms with E-state index in [1.165, 1.54) is 28.9 Å². The van der Waals surface area contributed by atoms with Gasteiger partial charge in [-0.3, -0.25) is 4.40 Å². The average molecular weight is 444 g/mol. The summed E-state index contributed by atoms with van der Waals surface area (Å²) in [5.74, 6) is -0.885. The molecule has 0 aliphatic carbocycles. The van der Waals surface area contributed by atoms with Gasteiger partial charge >= 0.3 is 5.97 Å². The van der Waals surface area contributed by atoms with Gasteiger partial charge in [0.2, 0.25) is 0 Å². The SMILES string of the molecule is CCOC(=O)c1cc2c(N[C@H](C)c3cccc(C(F)F)c3F)nc(C)nc2n2cnnc12. The summed E-state index contributed by atoms with van der Waals surface area (Å²) in [5.41, 5.74) is 0.232. The standard InChI is InChI=1S/C21H19F3N6O2/c1-4-32-21(31)15-8-14-18(27-11(3)28-19(14)30-9-25-29-20(15)30)26-10(2)12-6-5-7-13(16(12)22)17(23)24/h5-10,17H,4H2,1-3H3,(H,26,27,28)/t10-/m1/s1. The van der Waals surface area contributed by atoms with Crippen LogP contribution in [0.4, 0.5) is 19.0 Å². The number of alkyl halides is 2. The Bertz CT molecular complexity index is 1320. The number of nitrogens with one attached hydrogen (secondary N) is 1. The number of carbonyl (C=O) groups excluding carboxylic acids is 1. The zero-order valence-electron chi connectivity index (χ0n) is 17.4.